The zero-order valence-electron chi connectivity index (χ0n) is 11.8. The van der Waals surface area contributed by atoms with Gasteiger partial charge in [0.1, 0.15) is 18.0 Å². The highest BCUT2D eigenvalue weighted by atomic mass is 16.5. The van der Waals surface area contributed by atoms with E-state index in [1.54, 1.807) is 12.4 Å². The number of hydrogen-bond donors (Lipinski definition) is 0. The highest BCUT2D eigenvalue weighted by molar-refractivity contribution is 5.17. The highest BCUT2D eigenvalue weighted by Crippen LogP contribution is 2.36. The molecule has 0 aromatic carbocycles. The van der Waals surface area contributed by atoms with Crippen molar-refractivity contribution in [3.8, 4) is 5.75 Å². The predicted octanol–water partition coefficient (Wildman–Crippen LogP) is 2.10. The standard InChI is InChI=1S/C16H22N2O2/c1-3-13(9-17-7-1)20-15-11-18(10-12-5-6-12)14-4-2-8-19-16(14)15/h1,3,7,9,12,14-16H,2,4-6,8,10-11H2/t14-,15-,16-/m0/s1. The average Bonchev–Trinajstić information content (AvgIpc) is 3.25. The van der Waals surface area contributed by atoms with Gasteiger partial charge in [-0.3, -0.25) is 9.88 Å². The Morgan fingerprint density at radius 3 is 3.10 bits per heavy atom. The molecule has 2 aliphatic heterocycles. The maximum absolute atomic E-state index is 6.15. The summed E-state index contributed by atoms with van der Waals surface area (Å²) in [6.07, 6.45) is 9.21. The fraction of sp³-hybridized carbons (Fsp3) is 0.688. The normalized spacial score (nSPS) is 33.9. The molecule has 1 aromatic rings. The second-order valence-electron chi connectivity index (χ2n) is 6.29. The molecule has 2 saturated heterocycles. The van der Waals surface area contributed by atoms with Crippen molar-refractivity contribution < 1.29 is 9.47 Å². The lowest BCUT2D eigenvalue weighted by atomic mass is 10.0. The molecule has 0 amide bonds. The lowest BCUT2D eigenvalue weighted by Crippen LogP contribution is -2.43. The van der Waals surface area contributed by atoms with Crippen molar-refractivity contribution in [2.45, 2.75) is 43.9 Å². The number of likely N-dealkylation sites (tertiary alicyclic amines) is 1. The SMILES string of the molecule is c1cncc(O[C@H]2CN(CC3CC3)[C@H]3CCCO[C@H]23)c1. The van der Waals surface area contributed by atoms with E-state index >= 15 is 0 Å². The van der Waals surface area contributed by atoms with E-state index in [9.17, 15) is 0 Å². The first kappa shape index (κ1) is 12.6. The van der Waals surface area contributed by atoms with E-state index in [1.807, 2.05) is 12.1 Å². The number of aromatic nitrogens is 1. The summed E-state index contributed by atoms with van der Waals surface area (Å²) in [5, 5.41) is 0. The Morgan fingerprint density at radius 2 is 2.30 bits per heavy atom. The molecule has 108 valence electrons. The molecule has 0 radical (unpaired) electrons. The first-order chi connectivity index (χ1) is 9.90. The van der Waals surface area contributed by atoms with Crippen molar-refractivity contribution in [2.24, 2.45) is 5.92 Å². The zero-order chi connectivity index (χ0) is 13.4. The van der Waals surface area contributed by atoms with Crippen LogP contribution in [0.2, 0.25) is 0 Å². The van der Waals surface area contributed by atoms with Gasteiger partial charge in [0.2, 0.25) is 0 Å². The van der Waals surface area contributed by atoms with Crippen LogP contribution in [0.4, 0.5) is 0 Å². The molecule has 1 aromatic heterocycles. The second-order valence-corrected chi connectivity index (χ2v) is 6.29. The minimum Gasteiger partial charge on any atom is -0.485 e. The van der Waals surface area contributed by atoms with Crippen molar-refractivity contribution in [3.63, 3.8) is 0 Å². The molecule has 3 aliphatic rings. The Kier molecular flexibility index (Phi) is 3.36. The third-order valence-corrected chi connectivity index (χ3v) is 4.70. The van der Waals surface area contributed by atoms with Crippen LogP contribution in [0.15, 0.2) is 24.5 Å². The van der Waals surface area contributed by atoms with Gasteiger partial charge in [-0.2, -0.15) is 0 Å². The van der Waals surface area contributed by atoms with Crippen molar-refractivity contribution in [1.29, 1.82) is 0 Å². The Morgan fingerprint density at radius 1 is 1.35 bits per heavy atom. The van der Waals surface area contributed by atoms with Gasteiger partial charge in [-0.1, -0.05) is 0 Å². The minimum absolute atomic E-state index is 0.156. The maximum Gasteiger partial charge on any atom is 0.139 e. The molecule has 4 heteroatoms. The number of fused-ring (bicyclic) bond motifs is 1. The van der Waals surface area contributed by atoms with Gasteiger partial charge in [0.15, 0.2) is 0 Å². The summed E-state index contributed by atoms with van der Waals surface area (Å²) in [5.41, 5.74) is 0. The van der Waals surface area contributed by atoms with E-state index in [2.05, 4.69) is 9.88 Å². The maximum atomic E-state index is 6.15. The molecule has 4 rings (SSSR count). The largest absolute Gasteiger partial charge is 0.485 e. The van der Waals surface area contributed by atoms with Gasteiger partial charge in [0.25, 0.3) is 0 Å². The van der Waals surface area contributed by atoms with Crippen molar-refractivity contribution in [3.05, 3.63) is 24.5 Å². The summed E-state index contributed by atoms with van der Waals surface area (Å²) in [6, 6.07) is 4.46. The molecule has 3 heterocycles. The quantitative estimate of drug-likeness (QED) is 0.842. The van der Waals surface area contributed by atoms with Gasteiger partial charge in [-0.05, 0) is 43.7 Å². The topological polar surface area (TPSA) is 34.6 Å². The van der Waals surface area contributed by atoms with Gasteiger partial charge in [0, 0.05) is 31.9 Å². The lowest BCUT2D eigenvalue weighted by Gasteiger charge is -2.32. The Labute approximate surface area is 120 Å². The Balaban J connectivity index is 1.47. The van der Waals surface area contributed by atoms with E-state index in [-0.39, 0.29) is 12.2 Å². The predicted molar refractivity (Wildman–Crippen MR) is 75.7 cm³/mol. The molecule has 20 heavy (non-hydrogen) atoms. The number of hydrogen-bond acceptors (Lipinski definition) is 4. The van der Waals surface area contributed by atoms with Gasteiger partial charge in [-0.15, -0.1) is 0 Å². The lowest BCUT2D eigenvalue weighted by molar-refractivity contribution is -0.0468. The van der Waals surface area contributed by atoms with Gasteiger partial charge in [0.05, 0.1) is 6.20 Å². The van der Waals surface area contributed by atoms with E-state index in [0.29, 0.717) is 6.04 Å². The average molecular weight is 274 g/mol. The summed E-state index contributed by atoms with van der Waals surface area (Å²) in [4.78, 5) is 6.74. The van der Waals surface area contributed by atoms with E-state index in [1.165, 1.54) is 32.2 Å². The molecule has 0 unspecified atom stereocenters. The Bertz CT molecular complexity index is 449. The van der Waals surface area contributed by atoms with E-state index < -0.39 is 0 Å². The van der Waals surface area contributed by atoms with Gasteiger partial charge in [-0.25, -0.2) is 0 Å². The molecule has 1 saturated carbocycles. The molecule has 3 fully saturated rings. The van der Waals surface area contributed by atoms with Gasteiger partial charge < -0.3 is 9.47 Å². The molecule has 0 N–H and O–H groups in total. The van der Waals surface area contributed by atoms with Gasteiger partial charge >= 0.3 is 0 Å². The summed E-state index contributed by atoms with van der Waals surface area (Å²) in [7, 11) is 0. The number of ether oxygens (including phenoxy) is 2. The van der Waals surface area contributed by atoms with Crippen molar-refractivity contribution in [1.82, 2.24) is 9.88 Å². The van der Waals surface area contributed by atoms with Crippen LogP contribution in [0.25, 0.3) is 0 Å². The van der Waals surface area contributed by atoms with E-state index in [0.717, 1.165) is 24.8 Å². The van der Waals surface area contributed by atoms with Crippen LogP contribution in [0, 0.1) is 5.92 Å². The van der Waals surface area contributed by atoms with Crippen molar-refractivity contribution in [2.75, 3.05) is 19.7 Å². The second kappa shape index (κ2) is 5.34. The number of nitrogens with zero attached hydrogens (tertiary/aromatic N) is 2. The van der Waals surface area contributed by atoms with Crippen LogP contribution >= 0.6 is 0 Å². The summed E-state index contributed by atoms with van der Waals surface area (Å²) in [5.74, 6) is 1.79. The fourth-order valence-corrected chi connectivity index (χ4v) is 3.54. The zero-order valence-corrected chi connectivity index (χ0v) is 11.8. The van der Waals surface area contributed by atoms with Crippen LogP contribution in [-0.2, 0) is 4.74 Å². The first-order valence-corrected chi connectivity index (χ1v) is 7.82. The third-order valence-electron chi connectivity index (χ3n) is 4.70. The smallest absolute Gasteiger partial charge is 0.139 e. The molecule has 1 aliphatic carbocycles. The van der Waals surface area contributed by atoms with Crippen LogP contribution in [-0.4, -0.2) is 47.8 Å². The summed E-state index contributed by atoms with van der Waals surface area (Å²) in [6.45, 7) is 3.11. The summed E-state index contributed by atoms with van der Waals surface area (Å²) >= 11 is 0. The number of pyridine rings is 1. The molecule has 0 spiro atoms. The first-order valence-electron chi connectivity index (χ1n) is 7.82. The third kappa shape index (κ3) is 2.54. The van der Waals surface area contributed by atoms with Crippen molar-refractivity contribution >= 4 is 0 Å². The van der Waals surface area contributed by atoms with E-state index in [4.69, 9.17) is 9.47 Å². The molecular weight excluding hydrogens is 252 g/mol. The van der Waals surface area contributed by atoms with Crippen LogP contribution < -0.4 is 4.74 Å². The van der Waals surface area contributed by atoms with Crippen LogP contribution in [0.3, 0.4) is 0 Å². The van der Waals surface area contributed by atoms with Crippen LogP contribution in [0.5, 0.6) is 5.75 Å². The minimum atomic E-state index is 0.156. The molecule has 3 atom stereocenters. The molecule has 4 nitrogen and oxygen atoms in total. The Hall–Kier alpha value is -1.13. The molecule has 0 bridgehead atoms. The fourth-order valence-electron chi connectivity index (χ4n) is 3.54. The van der Waals surface area contributed by atoms with Crippen LogP contribution in [0.1, 0.15) is 25.7 Å². The highest BCUT2D eigenvalue weighted by Gasteiger charge is 2.46. The molecular formula is C16H22N2O2. The number of rotatable bonds is 4. The summed E-state index contributed by atoms with van der Waals surface area (Å²) < 4.78 is 12.2. The monoisotopic (exact) mass is 274 g/mol.